The molecular weight excluding hydrogens is 230 g/mol. The van der Waals surface area contributed by atoms with Crippen LogP contribution >= 0.6 is 0 Å². The molecule has 0 aliphatic heterocycles. The second-order valence-electron chi connectivity index (χ2n) is 4.51. The Labute approximate surface area is 105 Å². The molecule has 1 heterocycles. The average Bonchev–Trinajstić information content (AvgIpc) is 2.94. The Kier molecular flexibility index (Phi) is 2.76. The fraction of sp³-hybridized carbons (Fsp3) is 0.385. The van der Waals surface area contributed by atoms with Crippen LogP contribution in [0, 0.1) is 6.92 Å². The highest BCUT2D eigenvalue weighted by molar-refractivity contribution is 5.40. The molecule has 2 aromatic rings. The normalized spacial score (nSPS) is 17.8. The smallest absolute Gasteiger partial charge is 0.253 e. The van der Waals surface area contributed by atoms with Crippen molar-refractivity contribution >= 4 is 0 Å². The van der Waals surface area contributed by atoms with Crippen molar-refractivity contribution in [3.8, 4) is 5.75 Å². The van der Waals surface area contributed by atoms with E-state index >= 15 is 0 Å². The summed E-state index contributed by atoms with van der Waals surface area (Å²) in [6.07, 6.45) is 2.04. The van der Waals surface area contributed by atoms with E-state index in [9.17, 15) is 0 Å². The summed E-state index contributed by atoms with van der Waals surface area (Å²) in [5.41, 5.74) is 8.50. The molecule has 1 aromatic heterocycles. The van der Waals surface area contributed by atoms with Crippen molar-refractivity contribution in [3.63, 3.8) is 0 Å². The highest BCUT2D eigenvalue weighted by atomic mass is 16.5. The van der Waals surface area contributed by atoms with Gasteiger partial charge in [-0.25, -0.2) is 0 Å². The van der Waals surface area contributed by atoms with Gasteiger partial charge >= 0.3 is 0 Å². The van der Waals surface area contributed by atoms with Crippen molar-refractivity contribution < 1.29 is 9.15 Å². The molecule has 1 atom stereocenters. The zero-order valence-corrected chi connectivity index (χ0v) is 10.2. The summed E-state index contributed by atoms with van der Waals surface area (Å²) in [5.74, 6) is 1.86. The lowest BCUT2D eigenvalue weighted by atomic mass is 10.1. The van der Waals surface area contributed by atoms with Crippen molar-refractivity contribution in [2.45, 2.75) is 32.4 Å². The number of nitrogens with zero attached hydrogens (tertiary/aromatic N) is 2. The molecule has 1 aromatic carbocycles. The Hall–Kier alpha value is -1.88. The molecule has 0 saturated heterocycles. The lowest BCUT2D eigenvalue weighted by molar-refractivity contribution is 0.260. The minimum absolute atomic E-state index is 0.174. The maximum atomic E-state index is 5.99. The van der Waals surface area contributed by atoms with E-state index in [2.05, 4.69) is 10.2 Å². The summed E-state index contributed by atoms with van der Waals surface area (Å²) in [6.45, 7) is 2.05. The van der Waals surface area contributed by atoms with Crippen LogP contribution in [0.3, 0.4) is 0 Å². The molecule has 0 radical (unpaired) electrons. The fourth-order valence-electron chi connectivity index (χ4n) is 2.26. The third-order valence-corrected chi connectivity index (χ3v) is 3.17. The van der Waals surface area contributed by atoms with Crippen molar-refractivity contribution in [1.82, 2.24) is 10.2 Å². The van der Waals surface area contributed by atoms with E-state index in [0.717, 1.165) is 18.6 Å². The molecule has 94 valence electrons. The lowest BCUT2D eigenvalue weighted by Crippen LogP contribution is -2.05. The molecule has 0 amide bonds. The van der Waals surface area contributed by atoms with Crippen LogP contribution in [-0.4, -0.2) is 10.2 Å². The predicted octanol–water partition coefficient (Wildman–Crippen LogP) is 1.90. The molecule has 0 unspecified atom stereocenters. The summed E-state index contributed by atoms with van der Waals surface area (Å²) in [5, 5.41) is 7.64. The molecule has 0 bridgehead atoms. The van der Waals surface area contributed by atoms with Gasteiger partial charge in [-0.05, 0) is 36.1 Å². The Morgan fingerprint density at radius 3 is 3.11 bits per heavy atom. The second kappa shape index (κ2) is 4.42. The lowest BCUT2D eigenvalue weighted by Gasteiger charge is -2.07. The van der Waals surface area contributed by atoms with Gasteiger partial charge < -0.3 is 14.9 Å². The Morgan fingerprint density at radius 2 is 2.33 bits per heavy atom. The van der Waals surface area contributed by atoms with E-state index in [1.165, 1.54) is 11.1 Å². The predicted molar refractivity (Wildman–Crippen MR) is 65.1 cm³/mol. The molecule has 0 saturated carbocycles. The quantitative estimate of drug-likeness (QED) is 0.894. The standard InChI is InChI=1S/C13H15N3O2/c1-8-15-16-13(18-8)7-17-10-3-4-11-9(6-10)2-5-12(11)14/h3-4,6,12H,2,5,7,14H2,1H3/t12-/m1/s1. The largest absolute Gasteiger partial charge is 0.484 e. The van der Waals surface area contributed by atoms with Gasteiger partial charge in [0.1, 0.15) is 5.75 Å². The summed E-state index contributed by atoms with van der Waals surface area (Å²) < 4.78 is 10.9. The van der Waals surface area contributed by atoms with Gasteiger partial charge in [0.05, 0.1) is 0 Å². The van der Waals surface area contributed by atoms with Gasteiger partial charge in [0, 0.05) is 13.0 Å². The van der Waals surface area contributed by atoms with Gasteiger partial charge in [0.2, 0.25) is 5.89 Å². The summed E-state index contributed by atoms with van der Waals surface area (Å²) >= 11 is 0. The molecule has 3 rings (SSSR count). The zero-order chi connectivity index (χ0) is 12.5. The van der Waals surface area contributed by atoms with Gasteiger partial charge in [-0.1, -0.05) is 6.07 Å². The van der Waals surface area contributed by atoms with Crippen molar-refractivity contribution in [3.05, 3.63) is 41.1 Å². The van der Waals surface area contributed by atoms with E-state index in [-0.39, 0.29) is 6.04 Å². The summed E-state index contributed by atoms with van der Waals surface area (Å²) in [4.78, 5) is 0. The van der Waals surface area contributed by atoms with E-state index in [4.69, 9.17) is 14.9 Å². The van der Waals surface area contributed by atoms with Crippen molar-refractivity contribution in [2.75, 3.05) is 0 Å². The number of rotatable bonds is 3. The molecule has 0 fully saturated rings. The average molecular weight is 245 g/mol. The maximum absolute atomic E-state index is 5.99. The summed E-state index contributed by atoms with van der Waals surface area (Å²) in [7, 11) is 0. The van der Waals surface area contributed by atoms with Gasteiger partial charge in [-0.3, -0.25) is 0 Å². The topological polar surface area (TPSA) is 74.2 Å². The molecule has 1 aliphatic rings. The number of aryl methyl sites for hydroxylation is 2. The van der Waals surface area contributed by atoms with Crippen LogP contribution in [0.2, 0.25) is 0 Å². The third kappa shape index (κ3) is 2.09. The fourth-order valence-corrected chi connectivity index (χ4v) is 2.26. The van der Waals surface area contributed by atoms with Crippen molar-refractivity contribution in [2.24, 2.45) is 5.73 Å². The number of hydrogen-bond donors (Lipinski definition) is 1. The van der Waals surface area contributed by atoms with Crippen LogP contribution in [0.4, 0.5) is 0 Å². The maximum Gasteiger partial charge on any atom is 0.253 e. The monoisotopic (exact) mass is 245 g/mol. The van der Waals surface area contributed by atoms with Crippen LogP contribution in [0.15, 0.2) is 22.6 Å². The Bertz CT molecular complexity index is 565. The van der Waals surface area contributed by atoms with Crippen LogP contribution in [0.1, 0.15) is 35.4 Å². The van der Waals surface area contributed by atoms with Crippen LogP contribution in [0.5, 0.6) is 5.75 Å². The summed E-state index contributed by atoms with van der Waals surface area (Å²) in [6, 6.07) is 6.20. The van der Waals surface area contributed by atoms with Crippen LogP contribution in [-0.2, 0) is 13.0 Å². The first-order valence-electron chi connectivity index (χ1n) is 6.02. The molecule has 18 heavy (non-hydrogen) atoms. The molecule has 2 N–H and O–H groups in total. The highest BCUT2D eigenvalue weighted by Gasteiger charge is 2.19. The van der Waals surface area contributed by atoms with Gasteiger partial charge in [0.25, 0.3) is 5.89 Å². The molecular formula is C13H15N3O2. The van der Waals surface area contributed by atoms with Gasteiger partial charge in [-0.15, -0.1) is 10.2 Å². The first-order valence-corrected chi connectivity index (χ1v) is 6.02. The van der Waals surface area contributed by atoms with Crippen LogP contribution < -0.4 is 10.5 Å². The Morgan fingerprint density at radius 1 is 1.44 bits per heavy atom. The minimum atomic E-state index is 0.174. The zero-order valence-electron chi connectivity index (χ0n) is 10.2. The number of hydrogen-bond acceptors (Lipinski definition) is 5. The first-order chi connectivity index (χ1) is 8.72. The highest BCUT2D eigenvalue weighted by Crippen LogP contribution is 2.31. The number of nitrogens with two attached hydrogens (primary N) is 1. The molecule has 5 heteroatoms. The number of ether oxygens (including phenoxy) is 1. The second-order valence-corrected chi connectivity index (χ2v) is 4.51. The third-order valence-electron chi connectivity index (χ3n) is 3.17. The van der Waals surface area contributed by atoms with E-state index in [0.29, 0.717) is 18.4 Å². The molecule has 0 spiro atoms. The number of benzene rings is 1. The van der Waals surface area contributed by atoms with Gasteiger partial charge in [0.15, 0.2) is 6.61 Å². The SMILES string of the molecule is Cc1nnc(COc2ccc3c(c2)CC[C@H]3N)o1. The number of aromatic nitrogens is 2. The number of fused-ring (bicyclic) bond motifs is 1. The Balaban J connectivity index is 1.70. The van der Waals surface area contributed by atoms with Crippen LogP contribution in [0.25, 0.3) is 0 Å². The molecule has 1 aliphatic carbocycles. The minimum Gasteiger partial charge on any atom is -0.484 e. The van der Waals surface area contributed by atoms with E-state index in [1.54, 1.807) is 6.92 Å². The van der Waals surface area contributed by atoms with E-state index < -0.39 is 0 Å². The molecule has 5 nitrogen and oxygen atoms in total. The van der Waals surface area contributed by atoms with Crippen molar-refractivity contribution in [1.29, 1.82) is 0 Å². The van der Waals surface area contributed by atoms with E-state index in [1.807, 2.05) is 18.2 Å². The van der Waals surface area contributed by atoms with Gasteiger partial charge in [-0.2, -0.15) is 0 Å². The first kappa shape index (κ1) is 11.2.